The van der Waals surface area contributed by atoms with Crippen molar-refractivity contribution in [2.45, 2.75) is 55.6 Å². The van der Waals surface area contributed by atoms with Crippen LogP contribution in [0.3, 0.4) is 0 Å². The van der Waals surface area contributed by atoms with Gasteiger partial charge in [-0.05, 0) is 62.3 Å². The molecule has 168 valence electrons. The zero-order valence-electron chi connectivity index (χ0n) is 18.4. The molecule has 4 rings (SSSR count). The summed E-state index contributed by atoms with van der Waals surface area (Å²) in [4.78, 5) is 22.2. The second kappa shape index (κ2) is 10.6. The molecule has 9 heteroatoms. The first-order valence-corrected chi connectivity index (χ1v) is 11.8. The number of aromatic nitrogens is 4. The number of Topliss-reactive ketones (excluding diaryl/α,β-unsaturated/α-hetero) is 1. The third-order valence-corrected chi connectivity index (χ3v) is 6.16. The number of H-pyrrole nitrogens is 1. The number of rotatable bonds is 9. The maximum absolute atomic E-state index is 11.7. The molecule has 0 spiro atoms. The molecule has 32 heavy (non-hydrogen) atoms. The molecule has 0 amide bonds. The minimum Gasteiger partial charge on any atom is -0.367 e. The van der Waals surface area contributed by atoms with Crippen LogP contribution in [0.25, 0.3) is 0 Å². The Balaban J connectivity index is 1.53. The van der Waals surface area contributed by atoms with Crippen LogP contribution in [0.4, 0.5) is 17.5 Å². The fraction of sp³-hybridized carbons (Fsp3) is 0.391. The molecule has 0 bridgehead atoms. The highest BCUT2D eigenvalue weighted by Gasteiger charge is 2.15. The summed E-state index contributed by atoms with van der Waals surface area (Å²) in [5, 5.41) is 18.1. The van der Waals surface area contributed by atoms with Gasteiger partial charge in [-0.1, -0.05) is 19.1 Å². The number of ketones is 1. The molecule has 3 aromatic rings. The summed E-state index contributed by atoms with van der Waals surface area (Å²) in [7, 11) is 0. The predicted molar refractivity (Wildman–Crippen MR) is 128 cm³/mol. The summed E-state index contributed by atoms with van der Waals surface area (Å²) in [5.41, 5.74) is 2.01. The Hall–Kier alpha value is -2.91. The van der Waals surface area contributed by atoms with Gasteiger partial charge in [0.15, 0.2) is 11.0 Å². The van der Waals surface area contributed by atoms with Gasteiger partial charge in [0.2, 0.25) is 0 Å². The minimum absolute atomic E-state index is 0.245. The first kappa shape index (κ1) is 22.3. The van der Waals surface area contributed by atoms with Gasteiger partial charge in [-0.3, -0.25) is 9.89 Å². The summed E-state index contributed by atoms with van der Waals surface area (Å²) in [6, 6.07) is 12.3. The Morgan fingerprint density at radius 1 is 1.09 bits per heavy atom. The lowest BCUT2D eigenvalue weighted by atomic mass is 10.1. The third-order valence-electron chi connectivity index (χ3n) is 5.29. The van der Waals surface area contributed by atoms with E-state index >= 15 is 0 Å². The molecular formula is C23H29N7OS. The van der Waals surface area contributed by atoms with Gasteiger partial charge >= 0.3 is 0 Å². The highest BCUT2D eigenvalue weighted by atomic mass is 32.2. The highest BCUT2D eigenvalue weighted by Crippen LogP contribution is 2.29. The van der Waals surface area contributed by atoms with Crippen molar-refractivity contribution in [3.05, 3.63) is 47.7 Å². The van der Waals surface area contributed by atoms with E-state index in [-0.39, 0.29) is 5.78 Å². The molecule has 1 aliphatic heterocycles. The summed E-state index contributed by atoms with van der Waals surface area (Å²) < 4.78 is 0. The van der Waals surface area contributed by atoms with E-state index in [9.17, 15) is 4.79 Å². The van der Waals surface area contributed by atoms with Crippen molar-refractivity contribution in [2.24, 2.45) is 0 Å². The zero-order valence-corrected chi connectivity index (χ0v) is 19.3. The van der Waals surface area contributed by atoms with Crippen molar-refractivity contribution in [1.82, 2.24) is 25.5 Å². The van der Waals surface area contributed by atoms with E-state index < -0.39 is 0 Å². The van der Waals surface area contributed by atoms with Crippen LogP contribution in [0.5, 0.6) is 0 Å². The fourth-order valence-electron chi connectivity index (χ4n) is 3.53. The standard InChI is InChI=1S/C23H29N7OS/c1-3-18(31)13-16-4-6-19(7-5-16)32-23-27-20(25-17-8-10-24-11-9-17)14-21(28-23)26-22-12-15(2)29-30-22/h4-7,12,14,17,24H,3,8-11,13H2,1-2H3,(H3,25,26,27,28,29,30). The van der Waals surface area contributed by atoms with Gasteiger partial charge in [-0.2, -0.15) is 5.10 Å². The molecule has 3 heterocycles. The van der Waals surface area contributed by atoms with Crippen molar-refractivity contribution in [3.63, 3.8) is 0 Å². The molecule has 2 aromatic heterocycles. The normalized spacial score (nSPS) is 14.3. The summed E-state index contributed by atoms with van der Waals surface area (Å²) in [6.07, 6.45) is 3.16. The van der Waals surface area contributed by atoms with E-state index in [0.29, 0.717) is 29.9 Å². The van der Waals surface area contributed by atoms with Crippen molar-refractivity contribution >= 4 is 35.0 Å². The monoisotopic (exact) mass is 451 g/mol. The highest BCUT2D eigenvalue weighted by molar-refractivity contribution is 7.99. The number of anilines is 3. The zero-order chi connectivity index (χ0) is 22.3. The van der Waals surface area contributed by atoms with Crippen LogP contribution in [-0.2, 0) is 11.2 Å². The second-order valence-corrected chi connectivity index (χ2v) is 9.01. The number of piperidine rings is 1. The van der Waals surface area contributed by atoms with Crippen LogP contribution in [0.1, 0.15) is 37.4 Å². The SMILES string of the molecule is CCC(=O)Cc1ccc(Sc2nc(Nc3cc(C)[nH]n3)cc(NC3CCNCC3)n2)cc1. The first-order chi connectivity index (χ1) is 15.6. The van der Waals surface area contributed by atoms with Gasteiger partial charge in [0.25, 0.3) is 0 Å². The van der Waals surface area contributed by atoms with E-state index in [1.54, 1.807) is 0 Å². The molecule has 1 fully saturated rings. The number of carbonyl (C=O) groups excluding carboxylic acids is 1. The minimum atomic E-state index is 0.245. The number of carbonyl (C=O) groups is 1. The van der Waals surface area contributed by atoms with Gasteiger partial charge in [0, 0.05) is 41.6 Å². The van der Waals surface area contributed by atoms with E-state index in [1.165, 1.54) is 11.8 Å². The Bertz CT molecular complexity index is 1040. The number of aromatic amines is 1. The van der Waals surface area contributed by atoms with Crippen LogP contribution >= 0.6 is 11.8 Å². The molecule has 0 atom stereocenters. The summed E-state index contributed by atoms with van der Waals surface area (Å²) >= 11 is 1.50. The third kappa shape index (κ3) is 6.30. The Morgan fingerprint density at radius 2 is 1.84 bits per heavy atom. The van der Waals surface area contributed by atoms with Gasteiger partial charge in [-0.25, -0.2) is 9.97 Å². The molecule has 0 saturated carbocycles. The quantitative estimate of drug-likeness (QED) is 0.360. The molecule has 1 aromatic carbocycles. The Kier molecular flexibility index (Phi) is 7.39. The number of benzene rings is 1. The van der Waals surface area contributed by atoms with Gasteiger partial charge in [0.05, 0.1) is 0 Å². The number of nitrogens with one attached hydrogen (secondary N) is 4. The predicted octanol–water partition coefficient (Wildman–Crippen LogP) is 4.09. The topological polar surface area (TPSA) is 108 Å². The van der Waals surface area contributed by atoms with Crippen LogP contribution < -0.4 is 16.0 Å². The van der Waals surface area contributed by atoms with Gasteiger partial charge < -0.3 is 16.0 Å². The molecule has 1 aliphatic rings. The lowest BCUT2D eigenvalue weighted by Crippen LogP contribution is -2.35. The molecule has 4 N–H and O–H groups in total. The lowest BCUT2D eigenvalue weighted by molar-refractivity contribution is -0.118. The van der Waals surface area contributed by atoms with E-state index in [2.05, 4.69) is 26.1 Å². The van der Waals surface area contributed by atoms with E-state index in [1.807, 2.05) is 50.2 Å². The number of hydrogen-bond acceptors (Lipinski definition) is 8. The Labute approximate surface area is 192 Å². The van der Waals surface area contributed by atoms with Crippen molar-refractivity contribution in [3.8, 4) is 0 Å². The molecule has 1 saturated heterocycles. The van der Waals surface area contributed by atoms with Gasteiger partial charge in [-0.15, -0.1) is 0 Å². The number of hydrogen-bond donors (Lipinski definition) is 4. The average molecular weight is 452 g/mol. The fourth-order valence-corrected chi connectivity index (χ4v) is 4.30. The van der Waals surface area contributed by atoms with Crippen LogP contribution in [0, 0.1) is 6.92 Å². The van der Waals surface area contributed by atoms with Crippen molar-refractivity contribution in [1.29, 1.82) is 0 Å². The van der Waals surface area contributed by atoms with Crippen LogP contribution in [0.2, 0.25) is 0 Å². The largest absolute Gasteiger partial charge is 0.367 e. The van der Waals surface area contributed by atoms with Crippen LogP contribution in [-0.4, -0.2) is 45.1 Å². The Morgan fingerprint density at radius 3 is 2.53 bits per heavy atom. The molecule has 0 aliphatic carbocycles. The summed E-state index contributed by atoms with van der Waals surface area (Å²) in [6.45, 7) is 5.87. The smallest absolute Gasteiger partial charge is 0.196 e. The van der Waals surface area contributed by atoms with E-state index in [4.69, 9.17) is 9.97 Å². The summed E-state index contributed by atoms with van der Waals surface area (Å²) in [5.74, 6) is 2.45. The number of aryl methyl sites for hydroxylation is 1. The lowest BCUT2D eigenvalue weighted by Gasteiger charge is -2.24. The van der Waals surface area contributed by atoms with Crippen molar-refractivity contribution < 1.29 is 4.79 Å². The number of nitrogens with zero attached hydrogens (tertiary/aromatic N) is 3. The molecule has 8 nitrogen and oxygen atoms in total. The van der Waals surface area contributed by atoms with Crippen molar-refractivity contribution in [2.75, 3.05) is 23.7 Å². The second-order valence-electron chi connectivity index (χ2n) is 7.97. The molecule has 0 unspecified atom stereocenters. The average Bonchev–Trinajstić information content (AvgIpc) is 3.20. The van der Waals surface area contributed by atoms with Crippen LogP contribution in [0.15, 0.2) is 46.5 Å². The molecular weight excluding hydrogens is 422 g/mol. The maximum atomic E-state index is 11.7. The molecule has 0 radical (unpaired) electrons. The van der Waals surface area contributed by atoms with Gasteiger partial charge in [0.1, 0.15) is 17.4 Å². The van der Waals surface area contributed by atoms with E-state index in [0.717, 1.165) is 53.7 Å². The maximum Gasteiger partial charge on any atom is 0.196 e. The first-order valence-electron chi connectivity index (χ1n) is 11.0.